The molecule has 0 N–H and O–H groups in total. The fourth-order valence-corrected chi connectivity index (χ4v) is 5.42. The summed E-state index contributed by atoms with van der Waals surface area (Å²) >= 11 is 5.89. The van der Waals surface area contributed by atoms with Crippen LogP contribution < -0.4 is 4.06 Å². The first-order valence-corrected chi connectivity index (χ1v) is 6.44. The predicted molar refractivity (Wildman–Crippen MR) is 51.0 cm³/mol. The molecule has 11 heavy (non-hydrogen) atoms. The third-order valence-electron chi connectivity index (χ3n) is 1.07. The summed E-state index contributed by atoms with van der Waals surface area (Å²) in [6.45, 7) is 0. The van der Waals surface area contributed by atoms with Crippen molar-refractivity contribution < 1.29 is 4.74 Å². The Kier molecular flexibility index (Phi) is 2.58. The highest BCUT2D eigenvalue weighted by Crippen LogP contribution is 2.38. The Balaban J connectivity index is 2.39. The van der Waals surface area contributed by atoms with Crippen LogP contribution in [0.2, 0.25) is 0 Å². The highest BCUT2D eigenvalue weighted by molar-refractivity contribution is 8.05. The Hall–Kier alpha value is 0.510. The van der Waals surface area contributed by atoms with Gasteiger partial charge >= 0.3 is 0 Å². The molecule has 0 aliphatic carbocycles. The molecule has 2 rings (SSSR count). The van der Waals surface area contributed by atoms with Gasteiger partial charge in [0, 0.05) is 0 Å². The summed E-state index contributed by atoms with van der Waals surface area (Å²) < 4.78 is 7.66. The van der Waals surface area contributed by atoms with E-state index in [0.717, 1.165) is 8.42 Å². The summed E-state index contributed by atoms with van der Waals surface area (Å²) in [6.07, 6.45) is 0. The third kappa shape index (κ3) is 1.81. The summed E-state index contributed by atoms with van der Waals surface area (Å²) in [5.74, 6) is 1.35. The molecule has 0 atom stereocenters. The average molecular weight is 224 g/mol. The second-order valence-electron chi connectivity index (χ2n) is 1.76. The number of thioether (sulfide) groups is 2. The van der Waals surface area contributed by atoms with Crippen molar-refractivity contribution in [2.24, 2.45) is 0 Å². The van der Waals surface area contributed by atoms with Gasteiger partial charge in [-0.05, 0) is 0 Å². The Morgan fingerprint density at radius 1 is 1.09 bits per heavy atom. The highest BCUT2D eigenvalue weighted by atomic mass is 32.2. The van der Waals surface area contributed by atoms with Gasteiger partial charge in [-0.2, -0.15) is 0 Å². The molecule has 1 aliphatic heterocycles. The van der Waals surface area contributed by atoms with Crippen molar-refractivity contribution in [2.75, 3.05) is 11.9 Å². The van der Waals surface area contributed by atoms with Crippen LogP contribution in [0.25, 0.3) is 0 Å². The molecule has 1 aromatic heterocycles. The normalized spacial score (nSPS) is 17.5. The van der Waals surface area contributed by atoms with Crippen LogP contribution in [0, 0.1) is 0 Å². The summed E-state index contributed by atoms with van der Waals surface area (Å²) in [4.78, 5) is 10.9. The average Bonchev–Trinajstić information content (AvgIpc) is 2.17. The van der Waals surface area contributed by atoms with Crippen LogP contribution >= 0.6 is 46.2 Å². The quantitative estimate of drug-likeness (QED) is 0.675. The van der Waals surface area contributed by atoms with E-state index in [0.29, 0.717) is 11.9 Å². The van der Waals surface area contributed by atoms with Crippen molar-refractivity contribution in [3.8, 4) is 0 Å². The Bertz CT molecular complexity index is 275. The van der Waals surface area contributed by atoms with E-state index >= 15 is 0 Å². The molecule has 0 unspecified atom stereocenters. The topological polar surface area (TPSA) is 26.3 Å². The van der Waals surface area contributed by atoms with Crippen molar-refractivity contribution >= 4 is 46.2 Å². The van der Waals surface area contributed by atoms with Gasteiger partial charge < -0.3 is 4.74 Å². The minimum Gasteiger partial charge on any atom is -0.359 e. The molecule has 0 saturated carbocycles. The molecule has 0 aromatic carbocycles. The standard InChI is InChI=1S/C5H4O2S4/c6-5-10-3-4(11-5)9-2-7-1-8-3/h1-2H2. The van der Waals surface area contributed by atoms with Gasteiger partial charge in [0.25, 0.3) is 4.06 Å². The minimum absolute atomic E-state index is 0.192. The van der Waals surface area contributed by atoms with Crippen LogP contribution in [0.3, 0.4) is 0 Å². The number of hydrogen-bond acceptors (Lipinski definition) is 6. The molecule has 2 nitrogen and oxygen atoms in total. The molecule has 0 amide bonds. The molecule has 1 aliphatic rings. The molecule has 0 radical (unpaired) electrons. The predicted octanol–water partition coefficient (Wildman–Crippen LogP) is 2.30. The Morgan fingerprint density at radius 2 is 1.64 bits per heavy atom. The lowest BCUT2D eigenvalue weighted by atomic mass is 11.1. The second-order valence-corrected chi connectivity index (χ2v) is 6.36. The Morgan fingerprint density at radius 3 is 2.18 bits per heavy atom. The molecular formula is C5H4O2S4. The molecule has 0 bridgehead atoms. The smallest absolute Gasteiger partial charge is 0.289 e. The lowest BCUT2D eigenvalue weighted by molar-refractivity contribution is 0.241. The first kappa shape index (κ1) is 8.12. The number of rotatable bonds is 0. The number of ether oxygens (including phenoxy) is 1. The summed E-state index contributed by atoms with van der Waals surface area (Å²) in [7, 11) is 0. The van der Waals surface area contributed by atoms with Crippen molar-refractivity contribution in [3.63, 3.8) is 0 Å². The van der Waals surface area contributed by atoms with Gasteiger partial charge in [0.15, 0.2) is 0 Å². The van der Waals surface area contributed by atoms with Gasteiger partial charge in [-0.15, -0.1) is 0 Å². The zero-order valence-corrected chi connectivity index (χ0v) is 8.63. The maximum Gasteiger partial charge on any atom is 0.289 e. The van der Waals surface area contributed by atoms with Crippen LogP contribution in [0.4, 0.5) is 0 Å². The number of fused-ring (bicyclic) bond motifs is 1. The van der Waals surface area contributed by atoms with E-state index in [9.17, 15) is 4.79 Å². The maximum absolute atomic E-state index is 10.9. The van der Waals surface area contributed by atoms with Gasteiger partial charge in [-0.3, -0.25) is 4.79 Å². The van der Waals surface area contributed by atoms with E-state index in [1.807, 2.05) is 0 Å². The largest absolute Gasteiger partial charge is 0.359 e. The molecule has 6 heteroatoms. The molecule has 60 valence electrons. The monoisotopic (exact) mass is 224 g/mol. The van der Waals surface area contributed by atoms with Gasteiger partial charge in [0.05, 0.1) is 20.3 Å². The van der Waals surface area contributed by atoms with Crippen molar-refractivity contribution in [1.29, 1.82) is 0 Å². The fraction of sp³-hybridized carbons (Fsp3) is 0.400. The van der Waals surface area contributed by atoms with E-state index in [1.54, 1.807) is 23.5 Å². The van der Waals surface area contributed by atoms with Crippen LogP contribution in [-0.2, 0) is 4.74 Å². The SMILES string of the molecule is O=c1sc2c(s1)SCOCS2. The van der Waals surface area contributed by atoms with Crippen molar-refractivity contribution in [3.05, 3.63) is 8.85 Å². The lowest BCUT2D eigenvalue weighted by Gasteiger charge is -1.91. The molecule has 0 saturated heterocycles. The lowest BCUT2D eigenvalue weighted by Crippen LogP contribution is -1.84. The Labute approximate surface area is 80.0 Å². The van der Waals surface area contributed by atoms with Crippen molar-refractivity contribution in [2.45, 2.75) is 8.42 Å². The fourth-order valence-electron chi connectivity index (χ4n) is 0.657. The van der Waals surface area contributed by atoms with E-state index < -0.39 is 0 Å². The first-order chi connectivity index (χ1) is 5.36. The van der Waals surface area contributed by atoms with Crippen molar-refractivity contribution in [1.82, 2.24) is 0 Å². The van der Waals surface area contributed by atoms with Gasteiger partial charge in [0.1, 0.15) is 0 Å². The number of hydrogen-bond donors (Lipinski definition) is 0. The van der Waals surface area contributed by atoms with E-state index in [-0.39, 0.29) is 4.06 Å². The van der Waals surface area contributed by atoms with E-state index in [2.05, 4.69) is 0 Å². The molecule has 0 fully saturated rings. The van der Waals surface area contributed by atoms with Crippen LogP contribution in [0.1, 0.15) is 0 Å². The second kappa shape index (κ2) is 3.49. The maximum atomic E-state index is 10.9. The van der Waals surface area contributed by atoms with Crippen LogP contribution in [0.5, 0.6) is 0 Å². The zero-order chi connectivity index (χ0) is 7.68. The van der Waals surface area contributed by atoms with Gasteiger partial charge in [-0.1, -0.05) is 46.2 Å². The van der Waals surface area contributed by atoms with Crippen LogP contribution in [-0.4, -0.2) is 11.9 Å². The summed E-state index contributed by atoms with van der Waals surface area (Å²) in [6, 6.07) is 0. The zero-order valence-electron chi connectivity index (χ0n) is 5.36. The van der Waals surface area contributed by atoms with Crippen LogP contribution in [0.15, 0.2) is 13.2 Å². The molecular weight excluding hydrogens is 220 g/mol. The summed E-state index contributed by atoms with van der Waals surface area (Å²) in [5.41, 5.74) is 0. The van der Waals surface area contributed by atoms with E-state index in [1.165, 1.54) is 22.7 Å². The highest BCUT2D eigenvalue weighted by Gasteiger charge is 2.13. The van der Waals surface area contributed by atoms with Gasteiger partial charge in [0.2, 0.25) is 0 Å². The van der Waals surface area contributed by atoms with Gasteiger partial charge in [-0.25, -0.2) is 0 Å². The summed E-state index contributed by atoms with van der Waals surface area (Å²) in [5, 5.41) is 0. The third-order valence-corrected chi connectivity index (χ3v) is 5.90. The molecule has 2 heterocycles. The molecule has 1 aromatic rings. The van der Waals surface area contributed by atoms with E-state index in [4.69, 9.17) is 4.74 Å². The first-order valence-electron chi connectivity index (χ1n) is 2.83. The minimum atomic E-state index is 0.192. The molecule has 0 spiro atoms.